The first-order chi connectivity index (χ1) is 17.6. The SMILES string of the molecule is CCCCOC(=O)CN(c1cc2ccn(-c3ccc(C)nn3)c2cc1Cl)S(=O)(=O)c1cc(Cl)cc(Cl)c1. The molecule has 37 heavy (non-hydrogen) atoms. The Kier molecular flexibility index (Phi) is 8.28. The minimum Gasteiger partial charge on any atom is -0.464 e. The van der Waals surface area contributed by atoms with E-state index in [0.29, 0.717) is 23.1 Å². The third-order valence-corrected chi connectivity index (χ3v) is 7.99. The van der Waals surface area contributed by atoms with E-state index in [9.17, 15) is 13.2 Å². The molecule has 0 fully saturated rings. The summed E-state index contributed by atoms with van der Waals surface area (Å²) in [5.74, 6) is -0.143. The Bertz CT molecular complexity index is 1540. The highest BCUT2D eigenvalue weighted by molar-refractivity contribution is 7.92. The van der Waals surface area contributed by atoms with Crippen molar-refractivity contribution >= 4 is 67.4 Å². The topological polar surface area (TPSA) is 94.4 Å². The number of fused-ring (bicyclic) bond motifs is 1. The lowest BCUT2D eigenvalue weighted by Crippen LogP contribution is -2.37. The third-order valence-electron chi connectivity index (χ3n) is 5.52. The number of esters is 1. The van der Waals surface area contributed by atoms with Crippen molar-refractivity contribution in [2.45, 2.75) is 31.6 Å². The molecule has 2 aromatic carbocycles. The predicted octanol–water partition coefficient (Wildman–Crippen LogP) is 6.23. The number of carbonyl (C=O) groups excluding carboxylic acids is 1. The minimum absolute atomic E-state index is 0.102. The monoisotopic (exact) mass is 580 g/mol. The molecule has 0 saturated carbocycles. The molecule has 0 unspecified atom stereocenters. The van der Waals surface area contributed by atoms with Crippen molar-refractivity contribution in [1.29, 1.82) is 0 Å². The maximum absolute atomic E-state index is 13.8. The minimum atomic E-state index is -4.32. The van der Waals surface area contributed by atoms with E-state index in [-0.39, 0.29) is 32.3 Å². The number of ether oxygens (including phenoxy) is 1. The van der Waals surface area contributed by atoms with E-state index >= 15 is 0 Å². The van der Waals surface area contributed by atoms with Gasteiger partial charge in [0.1, 0.15) is 6.54 Å². The number of carbonyl (C=O) groups is 1. The van der Waals surface area contributed by atoms with Gasteiger partial charge in [-0.15, -0.1) is 5.10 Å². The smallest absolute Gasteiger partial charge is 0.326 e. The van der Waals surface area contributed by atoms with Crippen LogP contribution in [-0.2, 0) is 19.6 Å². The van der Waals surface area contributed by atoms with Crippen molar-refractivity contribution in [3.63, 3.8) is 0 Å². The third kappa shape index (κ3) is 6.01. The van der Waals surface area contributed by atoms with Gasteiger partial charge in [-0.25, -0.2) is 8.42 Å². The van der Waals surface area contributed by atoms with Crippen LogP contribution in [0.4, 0.5) is 5.69 Å². The van der Waals surface area contributed by atoms with E-state index in [0.717, 1.165) is 16.4 Å². The standard InChI is InChI=1S/C25H23Cl3N4O4S/c1-3-4-9-36-25(33)15-32(37(34,35)20-12-18(26)11-19(27)13-20)23-10-17-7-8-31(22(17)14-21(23)28)24-6-5-16(2)29-30-24/h5-8,10-14H,3-4,9,15H2,1-2H3. The van der Waals surface area contributed by atoms with Gasteiger partial charge in [0.25, 0.3) is 10.0 Å². The van der Waals surface area contributed by atoms with E-state index in [1.165, 1.54) is 18.2 Å². The van der Waals surface area contributed by atoms with Crippen LogP contribution < -0.4 is 4.31 Å². The van der Waals surface area contributed by atoms with E-state index < -0.39 is 22.5 Å². The Morgan fingerprint density at radius 1 is 1.03 bits per heavy atom. The molecule has 2 heterocycles. The van der Waals surface area contributed by atoms with Crippen LogP contribution in [0.25, 0.3) is 16.7 Å². The lowest BCUT2D eigenvalue weighted by molar-refractivity contribution is -0.141. The molecular weight excluding hydrogens is 559 g/mol. The van der Waals surface area contributed by atoms with Crippen LogP contribution in [0.5, 0.6) is 0 Å². The van der Waals surface area contributed by atoms with Crippen molar-refractivity contribution < 1.29 is 17.9 Å². The van der Waals surface area contributed by atoms with Crippen LogP contribution in [0.15, 0.2) is 59.6 Å². The van der Waals surface area contributed by atoms with E-state index in [4.69, 9.17) is 39.5 Å². The molecular formula is C25H23Cl3N4O4S. The van der Waals surface area contributed by atoms with Crippen LogP contribution in [0.1, 0.15) is 25.5 Å². The van der Waals surface area contributed by atoms with Crippen molar-refractivity contribution in [1.82, 2.24) is 14.8 Å². The van der Waals surface area contributed by atoms with Gasteiger partial charge < -0.3 is 4.74 Å². The summed E-state index contributed by atoms with van der Waals surface area (Å²) in [6.07, 6.45) is 3.25. The molecule has 0 N–H and O–H groups in total. The number of sulfonamides is 1. The van der Waals surface area contributed by atoms with Crippen molar-refractivity contribution in [3.8, 4) is 5.82 Å². The van der Waals surface area contributed by atoms with Gasteiger partial charge >= 0.3 is 5.97 Å². The Labute approximate surface area is 229 Å². The fraction of sp³-hybridized carbons (Fsp3) is 0.240. The summed E-state index contributed by atoms with van der Waals surface area (Å²) in [6.45, 7) is 3.38. The molecule has 0 radical (unpaired) electrons. The number of benzene rings is 2. The van der Waals surface area contributed by atoms with Crippen LogP contribution in [0.3, 0.4) is 0 Å². The molecule has 12 heteroatoms. The normalized spacial score (nSPS) is 11.6. The molecule has 8 nitrogen and oxygen atoms in total. The summed E-state index contributed by atoms with van der Waals surface area (Å²) in [5, 5.41) is 9.34. The first-order valence-electron chi connectivity index (χ1n) is 11.4. The van der Waals surface area contributed by atoms with Crippen molar-refractivity contribution in [3.05, 3.63) is 75.5 Å². The fourth-order valence-corrected chi connectivity index (χ4v) is 6.11. The molecule has 4 rings (SSSR count). The quantitative estimate of drug-likeness (QED) is 0.172. The average Bonchev–Trinajstić information content (AvgIpc) is 3.24. The molecule has 0 aliphatic heterocycles. The van der Waals surface area contributed by atoms with E-state index in [1.54, 1.807) is 29.0 Å². The zero-order chi connectivity index (χ0) is 26.7. The fourth-order valence-electron chi connectivity index (χ4n) is 3.65. The van der Waals surface area contributed by atoms with Gasteiger partial charge in [-0.2, -0.15) is 5.10 Å². The number of aryl methyl sites for hydroxylation is 1. The largest absolute Gasteiger partial charge is 0.464 e. The Balaban J connectivity index is 1.81. The summed E-state index contributed by atoms with van der Waals surface area (Å²) in [5.41, 5.74) is 1.55. The van der Waals surface area contributed by atoms with Gasteiger partial charge in [0, 0.05) is 21.6 Å². The number of aromatic nitrogens is 3. The molecule has 0 bridgehead atoms. The van der Waals surface area contributed by atoms with Crippen LogP contribution >= 0.6 is 34.8 Å². The second-order valence-electron chi connectivity index (χ2n) is 8.27. The van der Waals surface area contributed by atoms with Gasteiger partial charge in [0.2, 0.25) is 0 Å². The molecule has 194 valence electrons. The van der Waals surface area contributed by atoms with Gasteiger partial charge in [-0.3, -0.25) is 13.7 Å². The number of nitrogens with zero attached hydrogens (tertiary/aromatic N) is 4. The number of anilines is 1. The first-order valence-corrected chi connectivity index (χ1v) is 13.9. The number of hydrogen-bond acceptors (Lipinski definition) is 6. The molecule has 0 atom stereocenters. The molecule has 0 amide bonds. The number of hydrogen-bond donors (Lipinski definition) is 0. The Morgan fingerprint density at radius 2 is 1.76 bits per heavy atom. The second-order valence-corrected chi connectivity index (χ2v) is 11.4. The van der Waals surface area contributed by atoms with Gasteiger partial charge in [-0.05, 0) is 61.9 Å². The predicted molar refractivity (Wildman–Crippen MR) is 145 cm³/mol. The van der Waals surface area contributed by atoms with E-state index in [2.05, 4.69) is 10.2 Å². The molecule has 0 aliphatic carbocycles. The summed E-state index contributed by atoms with van der Waals surface area (Å²) in [6, 6.07) is 12.6. The van der Waals surface area contributed by atoms with Gasteiger partial charge in [0.15, 0.2) is 5.82 Å². The Hall–Kier alpha value is -2.85. The lowest BCUT2D eigenvalue weighted by Gasteiger charge is -2.25. The lowest BCUT2D eigenvalue weighted by atomic mass is 10.2. The second kappa shape index (κ2) is 11.3. The van der Waals surface area contributed by atoms with Crippen LogP contribution in [0, 0.1) is 6.92 Å². The number of unbranched alkanes of at least 4 members (excludes halogenated alkanes) is 1. The molecule has 2 aromatic heterocycles. The average molecular weight is 582 g/mol. The summed E-state index contributed by atoms with van der Waals surface area (Å²) < 4.78 is 35.5. The molecule has 0 saturated heterocycles. The first kappa shape index (κ1) is 27.2. The zero-order valence-electron chi connectivity index (χ0n) is 20.0. The van der Waals surface area contributed by atoms with E-state index in [1.807, 2.05) is 26.0 Å². The zero-order valence-corrected chi connectivity index (χ0v) is 23.1. The summed E-state index contributed by atoms with van der Waals surface area (Å²) in [4.78, 5) is 12.5. The molecule has 0 spiro atoms. The molecule has 4 aromatic rings. The number of rotatable bonds is 9. The highest BCUT2D eigenvalue weighted by Gasteiger charge is 2.30. The van der Waals surface area contributed by atoms with Gasteiger partial charge in [0.05, 0.1) is 33.4 Å². The number of halogens is 3. The van der Waals surface area contributed by atoms with Crippen molar-refractivity contribution in [2.75, 3.05) is 17.5 Å². The van der Waals surface area contributed by atoms with Gasteiger partial charge in [-0.1, -0.05) is 48.1 Å². The van der Waals surface area contributed by atoms with Crippen molar-refractivity contribution in [2.24, 2.45) is 0 Å². The maximum Gasteiger partial charge on any atom is 0.326 e. The Morgan fingerprint density at radius 3 is 2.41 bits per heavy atom. The summed E-state index contributed by atoms with van der Waals surface area (Å²) >= 11 is 18.8. The maximum atomic E-state index is 13.8. The highest BCUT2D eigenvalue weighted by Crippen LogP contribution is 2.36. The van der Waals surface area contributed by atoms with Crippen LogP contribution in [-0.4, -0.2) is 42.3 Å². The molecule has 0 aliphatic rings. The highest BCUT2D eigenvalue weighted by atomic mass is 35.5. The van der Waals surface area contributed by atoms with Crippen LogP contribution in [0.2, 0.25) is 15.1 Å². The summed E-state index contributed by atoms with van der Waals surface area (Å²) in [7, 11) is -4.32.